The van der Waals surface area contributed by atoms with Gasteiger partial charge in [0.25, 0.3) is 5.91 Å². The Morgan fingerprint density at radius 2 is 1.82 bits per heavy atom. The molecule has 0 spiro atoms. The van der Waals surface area contributed by atoms with Crippen molar-refractivity contribution in [3.05, 3.63) is 89.5 Å². The lowest BCUT2D eigenvalue weighted by Crippen LogP contribution is -2.33. The number of benzene rings is 3. The van der Waals surface area contributed by atoms with Gasteiger partial charge in [-0.3, -0.25) is 4.79 Å². The van der Waals surface area contributed by atoms with Crippen LogP contribution in [0.1, 0.15) is 40.2 Å². The molecule has 1 aliphatic carbocycles. The molecular weight excluding hydrogens is 474 g/mol. The molecule has 5 aromatic rings. The van der Waals surface area contributed by atoms with E-state index in [2.05, 4.69) is 27.1 Å². The zero-order valence-electron chi connectivity index (χ0n) is 21.1. The third-order valence-electron chi connectivity index (χ3n) is 7.54. The summed E-state index contributed by atoms with van der Waals surface area (Å²) in [5, 5.41) is 0.877. The van der Waals surface area contributed by atoms with Gasteiger partial charge < -0.3 is 20.4 Å². The zero-order valence-corrected chi connectivity index (χ0v) is 21.1. The summed E-state index contributed by atoms with van der Waals surface area (Å²) < 4.78 is 6.06. The number of nitrogen functional groups attached to an aromatic ring is 1. The highest BCUT2D eigenvalue weighted by Gasteiger charge is 2.30. The van der Waals surface area contributed by atoms with Gasteiger partial charge in [-0.05, 0) is 66.6 Å². The number of H-pyrrole nitrogens is 1. The molecule has 0 atom stereocenters. The number of carbonyl (C=O) groups is 1. The van der Waals surface area contributed by atoms with Gasteiger partial charge in [0, 0.05) is 22.3 Å². The Hall–Kier alpha value is -4.65. The van der Waals surface area contributed by atoms with Crippen molar-refractivity contribution >= 4 is 28.6 Å². The van der Waals surface area contributed by atoms with E-state index in [1.165, 1.54) is 18.4 Å². The molecule has 1 aliphatic heterocycles. The number of hydrogen-bond acceptors (Lipinski definition) is 5. The van der Waals surface area contributed by atoms with Crippen molar-refractivity contribution in [1.29, 1.82) is 0 Å². The number of aromatic amines is 1. The number of amides is 1. The average Bonchev–Trinajstić information content (AvgIpc) is 3.72. The van der Waals surface area contributed by atoms with Crippen LogP contribution in [0.15, 0.2) is 72.8 Å². The van der Waals surface area contributed by atoms with Crippen LogP contribution in [0.5, 0.6) is 5.75 Å². The van der Waals surface area contributed by atoms with Gasteiger partial charge in [0.2, 0.25) is 5.95 Å². The maximum absolute atomic E-state index is 13.8. The van der Waals surface area contributed by atoms with Gasteiger partial charge in [-0.2, -0.15) is 4.98 Å². The first-order valence-corrected chi connectivity index (χ1v) is 13.0. The van der Waals surface area contributed by atoms with Crippen molar-refractivity contribution in [2.45, 2.75) is 25.7 Å². The predicted molar refractivity (Wildman–Crippen MR) is 149 cm³/mol. The molecule has 0 radical (unpaired) electrons. The summed E-state index contributed by atoms with van der Waals surface area (Å²) >= 11 is 0. The minimum Gasteiger partial charge on any atom is -0.491 e. The average molecular weight is 502 g/mol. The Balaban J connectivity index is 1.31. The first-order valence-electron chi connectivity index (χ1n) is 13.0. The number of rotatable bonds is 4. The van der Waals surface area contributed by atoms with E-state index in [1.54, 1.807) is 0 Å². The largest absolute Gasteiger partial charge is 0.491 e. The Labute approximate surface area is 220 Å². The van der Waals surface area contributed by atoms with Crippen molar-refractivity contribution in [2.75, 3.05) is 23.8 Å². The van der Waals surface area contributed by atoms with Crippen LogP contribution in [0.4, 0.5) is 11.6 Å². The maximum atomic E-state index is 13.8. The maximum Gasteiger partial charge on any atom is 0.262 e. The van der Waals surface area contributed by atoms with E-state index >= 15 is 0 Å². The second kappa shape index (κ2) is 8.73. The van der Waals surface area contributed by atoms with E-state index in [-0.39, 0.29) is 11.9 Å². The molecular formula is C31H27N5O2. The second-order valence-electron chi connectivity index (χ2n) is 10.0. The molecule has 3 N–H and O–H groups in total. The Morgan fingerprint density at radius 3 is 2.63 bits per heavy atom. The predicted octanol–water partition coefficient (Wildman–Crippen LogP) is 6.10. The molecule has 188 valence electrons. The second-order valence-corrected chi connectivity index (χ2v) is 10.0. The van der Waals surface area contributed by atoms with Gasteiger partial charge in [0.1, 0.15) is 18.0 Å². The molecule has 0 saturated heterocycles. The number of nitrogens with zero attached hydrogens (tertiary/aromatic N) is 3. The monoisotopic (exact) mass is 501 g/mol. The fraction of sp³-hybridized carbons (Fsp3) is 0.194. The lowest BCUT2D eigenvalue weighted by atomic mass is 10.00. The SMILES string of the molecule is Cc1c(-c2nc(N)nc3[nH]c(-c4ccccc4)cc23)cccc1N1CCOc2cc(C3CC3)ccc2C1=O. The smallest absolute Gasteiger partial charge is 0.262 e. The standard InChI is InChI=1S/C31H27N5O2/c1-18-22(28-24-17-25(20-6-3-2-4-7-20)33-29(24)35-31(32)34-28)8-5-9-26(18)36-14-15-38-27-16-21(19-10-11-19)12-13-23(27)30(36)37/h2-9,12-13,16-17,19H,10-11,14-15H2,1H3,(H3,32,33,34,35). The molecule has 7 nitrogen and oxygen atoms in total. The molecule has 1 saturated carbocycles. The third kappa shape index (κ3) is 3.78. The molecule has 1 fully saturated rings. The van der Waals surface area contributed by atoms with Crippen LogP contribution in [0, 0.1) is 6.92 Å². The Bertz CT molecular complexity index is 1710. The van der Waals surface area contributed by atoms with Crippen LogP contribution in [0.3, 0.4) is 0 Å². The first kappa shape index (κ1) is 22.5. The van der Waals surface area contributed by atoms with E-state index in [0.29, 0.717) is 36.0 Å². The van der Waals surface area contributed by atoms with E-state index < -0.39 is 0 Å². The molecule has 7 heteroatoms. The number of nitrogens with two attached hydrogens (primary N) is 1. The normalized spacial score (nSPS) is 15.3. The Kier molecular flexibility index (Phi) is 5.18. The van der Waals surface area contributed by atoms with Crippen LogP contribution >= 0.6 is 0 Å². The highest BCUT2D eigenvalue weighted by molar-refractivity contribution is 6.09. The van der Waals surface area contributed by atoms with Crippen molar-refractivity contribution < 1.29 is 9.53 Å². The van der Waals surface area contributed by atoms with Crippen molar-refractivity contribution in [3.8, 4) is 28.3 Å². The van der Waals surface area contributed by atoms with E-state index in [0.717, 1.165) is 39.2 Å². The minimum atomic E-state index is -0.0551. The molecule has 3 aromatic carbocycles. The number of aromatic nitrogens is 3. The zero-order chi connectivity index (χ0) is 25.8. The summed E-state index contributed by atoms with van der Waals surface area (Å²) in [4.78, 5) is 28.1. The van der Waals surface area contributed by atoms with Crippen LogP contribution in [-0.4, -0.2) is 34.0 Å². The Morgan fingerprint density at radius 1 is 0.974 bits per heavy atom. The molecule has 0 bridgehead atoms. The lowest BCUT2D eigenvalue weighted by molar-refractivity contribution is 0.0989. The number of fused-ring (bicyclic) bond motifs is 2. The fourth-order valence-electron chi connectivity index (χ4n) is 5.41. The molecule has 38 heavy (non-hydrogen) atoms. The highest BCUT2D eigenvalue weighted by atomic mass is 16.5. The van der Waals surface area contributed by atoms with Crippen LogP contribution < -0.4 is 15.4 Å². The fourth-order valence-corrected chi connectivity index (χ4v) is 5.41. The summed E-state index contributed by atoms with van der Waals surface area (Å²) in [6.07, 6.45) is 2.42. The van der Waals surface area contributed by atoms with Crippen LogP contribution in [0.25, 0.3) is 33.5 Å². The van der Waals surface area contributed by atoms with Gasteiger partial charge in [-0.1, -0.05) is 48.5 Å². The van der Waals surface area contributed by atoms with E-state index in [1.807, 2.05) is 72.5 Å². The summed E-state index contributed by atoms with van der Waals surface area (Å²) in [6.45, 7) is 2.91. The van der Waals surface area contributed by atoms with E-state index in [4.69, 9.17) is 10.5 Å². The number of carbonyl (C=O) groups excluding carboxylic acids is 1. The minimum absolute atomic E-state index is 0.0551. The molecule has 7 rings (SSSR count). The molecule has 2 aromatic heterocycles. The van der Waals surface area contributed by atoms with Gasteiger partial charge in [0.05, 0.1) is 17.8 Å². The number of nitrogens with one attached hydrogen (secondary N) is 1. The van der Waals surface area contributed by atoms with Crippen molar-refractivity contribution in [1.82, 2.24) is 15.0 Å². The topological polar surface area (TPSA) is 97.1 Å². The van der Waals surface area contributed by atoms with E-state index in [9.17, 15) is 4.79 Å². The summed E-state index contributed by atoms with van der Waals surface area (Å²) in [6, 6.07) is 24.1. The number of anilines is 2. The van der Waals surface area contributed by atoms with Crippen molar-refractivity contribution in [2.24, 2.45) is 0 Å². The van der Waals surface area contributed by atoms with Crippen LogP contribution in [-0.2, 0) is 0 Å². The quantitative estimate of drug-likeness (QED) is 0.310. The molecule has 0 unspecified atom stereocenters. The molecule has 3 heterocycles. The lowest BCUT2D eigenvalue weighted by Gasteiger charge is -2.23. The van der Waals surface area contributed by atoms with Crippen LogP contribution in [0.2, 0.25) is 0 Å². The molecule has 1 amide bonds. The van der Waals surface area contributed by atoms with Gasteiger partial charge in [-0.15, -0.1) is 0 Å². The summed E-state index contributed by atoms with van der Waals surface area (Å²) in [5.74, 6) is 1.42. The van der Waals surface area contributed by atoms with Gasteiger partial charge in [0.15, 0.2) is 0 Å². The number of ether oxygens (including phenoxy) is 1. The van der Waals surface area contributed by atoms with Crippen molar-refractivity contribution in [3.63, 3.8) is 0 Å². The third-order valence-corrected chi connectivity index (χ3v) is 7.54. The number of hydrogen-bond donors (Lipinski definition) is 2. The molecule has 2 aliphatic rings. The highest BCUT2D eigenvalue weighted by Crippen LogP contribution is 2.42. The van der Waals surface area contributed by atoms with Gasteiger partial charge in [-0.25, -0.2) is 4.98 Å². The summed E-state index contributed by atoms with van der Waals surface area (Å²) in [7, 11) is 0. The first-order chi connectivity index (χ1) is 18.6. The van der Waals surface area contributed by atoms with Gasteiger partial charge >= 0.3 is 0 Å². The summed E-state index contributed by atoms with van der Waals surface area (Å²) in [5.41, 5.74) is 14.1.